The van der Waals surface area contributed by atoms with E-state index in [0.29, 0.717) is 18.2 Å². The minimum absolute atomic E-state index is 0.234. The van der Waals surface area contributed by atoms with Gasteiger partial charge in [0.25, 0.3) is 0 Å². The van der Waals surface area contributed by atoms with Gasteiger partial charge in [0.05, 0.1) is 12.2 Å². The lowest BCUT2D eigenvalue weighted by Gasteiger charge is -2.11. The Labute approximate surface area is 95.8 Å². The van der Waals surface area contributed by atoms with Gasteiger partial charge < -0.3 is 10.1 Å². The molecule has 86 valence electrons. The van der Waals surface area contributed by atoms with E-state index in [1.54, 1.807) is 6.07 Å². The van der Waals surface area contributed by atoms with Crippen molar-refractivity contribution in [2.45, 2.75) is 25.8 Å². The largest absolute Gasteiger partial charge is 0.462 e. The van der Waals surface area contributed by atoms with Gasteiger partial charge in [0, 0.05) is 6.04 Å². The van der Waals surface area contributed by atoms with E-state index in [0.717, 1.165) is 13.0 Å². The lowest BCUT2D eigenvalue weighted by molar-refractivity contribution is 0.0526. The number of esters is 1. The Morgan fingerprint density at radius 3 is 3.12 bits per heavy atom. The number of hydrogen-bond acceptors (Lipinski definition) is 3. The molecule has 1 heterocycles. The zero-order chi connectivity index (χ0) is 11.4. The summed E-state index contributed by atoms with van der Waals surface area (Å²) in [6.45, 7) is 3.30. The smallest absolute Gasteiger partial charge is 0.338 e. The summed E-state index contributed by atoms with van der Waals surface area (Å²) in [4.78, 5) is 11.6. The average molecular weight is 219 g/mol. The van der Waals surface area contributed by atoms with Crippen LogP contribution in [-0.2, 0) is 4.74 Å². The molecule has 1 N–H and O–H groups in total. The number of hydrogen-bond donors (Lipinski definition) is 1. The van der Waals surface area contributed by atoms with Gasteiger partial charge in [-0.05, 0) is 44.0 Å². The molecule has 1 aromatic rings. The van der Waals surface area contributed by atoms with Crippen LogP contribution >= 0.6 is 0 Å². The van der Waals surface area contributed by atoms with Crippen molar-refractivity contribution < 1.29 is 9.53 Å². The summed E-state index contributed by atoms with van der Waals surface area (Å²) < 4.78 is 4.99. The van der Waals surface area contributed by atoms with E-state index in [4.69, 9.17) is 4.74 Å². The summed E-state index contributed by atoms with van der Waals surface area (Å²) in [6.07, 6.45) is 2.35. The maximum atomic E-state index is 11.6. The van der Waals surface area contributed by atoms with Crippen LogP contribution in [0.3, 0.4) is 0 Å². The van der Waals surface area contributed by atoms with E-state index in [1.807, 2.05) is 19.1 Å². The molecule has 1 aliphatic heterocycles. The molecule has 1 atom stereocenters. The van der Waals surface area contributed by atoms with Crippen LogP contribution in [0.25, 0.3) is 0 Å². The van der Waals surface area contributed by atoms with E-state index in [-0.39, 0.29) is 5.97 Å². The summed E-state index contributed by atoms with van der Waals surface area (Å²) in [5, 5.41) is 3.42. The third kappa shape index (κ3) is 2.42. The van der Waals surface area contributed by atoms with Crippen molar-refractivity contribution in [1.82, 2.24) is 5.32 Å². The van der Waals surface area contributed by atoms with Gasteiger partial charge in [0.2, 0.25) is 0 Å². The van der Waals surface area contributed by atoms with Gasteiger partial charge in [-0.15, -0.1) is 0 Å². The highest BCUT2D eigenvalue weighted by Crippen LogP contribution is 2.23. The standard InChI is InChI=1S/C13H17NO2/c1-2-16-13(15)11-6-3-5-10(9-11)12-7-4-8-14-12/h3,5-6,9,12,14H,2,4,7-8H2,1H3. The normalized spacial score (nSPS) is 19.7. The third-order valence-corrected chi connectivity index (χ3v) is 2.86. The Morgan fingerprint density at radius 1 is 1.56 bits per heavy atom. The minimum Gasteiger partial charge on any atom is -0.462 e. The number of carbonyl (C=O) groups excluding carboxylic acids is 1. The molecule has 1 unspecified atom stereocenters. The summed E-state index contributed by atoms with van der Waals surface area (Å²) in [6, 6.07) is 8.11. The first-order valence-corrected chi connectivity index (χ1v) is 5.81. The van der Waals surface area contributed by atoms with Gasteiger partial charge in [0.15, 0.2) is 0 Å². The summed E-state index contributed by atoms with van der Waals surface area (Å²) in [5.41, 5.74) is 1.83. The molecule has 1 aromatic carbocycles. The van der Waals surface area contributed by atoms with E-state index < -0.39 is 0 Å². The zero-order valence-corrected chi connectivity index (χ0v) is 9.53. The predicted octanol–water partition coefficient (Wildman–Crippen LogP) is 2.29. The lowest BCUT2D eigenvalue weighted by atomic mass is 10.0. The molecule has 0 amide bonds. The number of ether oxygens (including phenoxy) is 1. The van der Waals surface area contributed by atoms with Gasteiger partial charge in [0.1, 0.15) is 0 Å². The Morgan fingerprint density at radius 2 is 2.44 bits per heavy atom. The Hall–Kier alpha value is -1.35. The summed E-state index contributed by atoms with van der Waals surface area (Å²) in [7, 11) is 0. The van der Waals surface area contributed by atoms with Gasteiger partial charge in [-0.25, -0.2) is 4.79 Å². The summed E-state index contributed by atoms with van der Waals surface area (Å²) >= 11 is 0. The fourth-order valence-electron chi connectivity index (χ4n) is 2.07. The van der Waals surface area contributed by atoms with Crippen molar-refractivity contribution in [3.8, 4) is 0 Å². The fraction of sp³-hybridized carbons (Fsp3) is 0.462. The highest BCUT2D eigenvalue weighted by molar-refractivity contribution is 5.89. The number of benzene rings is 1. The van der Waals surface area contributed by atoms with Gasteiger partial charge in [-0.1, -0.05) is 12.1 Å². The second-order valence-electron chi connectivity index (χ2n) is 3.99. The molecule has 2 rings (SSSR count). The molecule has 3 nitrogen and oxygen atoms in total. The molecule has 3 heteroatoms. The lowest BCUT2D eigenvalue weighted by Crippen LogP contribution is -2.13. The molecule has 0 aromatic heterocycles. The predicted molar refractivity (Wildman–Crippen MR) is 62.4 cm³/mol. The van der Waals surface area contributed by atoms with E-state index >= 15 is 0 Å². The highest BCUT2D eigenvalue weighted by Gasteiger charge is 2.17. The molecule has 1 fully saturated rings. The van der Waals surface area contributed by atoms with Crippen molar-refractivity contribution in [2.75, 3.05) is 13.2 Å². The SMILES string of the molecule is CCOC(=O)c1cccc(C2CCCN2)c1. The van der Waals surface area contributed by atoms with E-state index in [1.165, 1.54) is 12.0 Å². The van der Waals surface area contributed by atoms with Gasteiger partial charge in [-0.2, -0.15) is 0 Å². The highest BCUT2D eigenvalue weighted by atomic mass is 16.5. The Bertz CT molecular complexity index is 370. The first-order valence-electron chi connectivity index (χ1n) is 5.81. The van der Waals surface area contributed by atoms with Crippen LogP contribution in [0.4, 0.5) is 0 Å². The van der Waals surface area contributed by atoms with Crippen LogP contribution in [-0.4, -0.2) is 19.1 Å². The Balaban J connectivity index is 2.15. The van der Waals surface area contributed by atoms with Crippen molar-refractivity contribution >= 4 is 5.97 Å². The molecule has 0 spiro atoms. The number of carbonyl (C=O) groups is 1. The summed E-state index contributed by atoms with van der Waals surface area (Å²) in [5.74, 6) is -0.234. The molecule has 16 heavy (non-hydrogen) atoms. The molecule has 1 aliphatic rings. The number of nitrogens with one attached hydrogen (secondary N) is 1. The molecule has 1 saturated heterocycles. The first kappa shape index (κ1) is 11.1. The van der Waals surface area contributed by atoms with Crippen LogP contribution in [0.2, 0.25) is 0 Å². The van der Waals surface area contributed by atoms with Crippen LogP contribution in [0, 0.1) is 0 Å². The van der Waals surface area contributed by atoms with Gasteiger partial charge >= 0.3 is 5.97 Å². The Kier molecular flexibility index (Phi) is 3.57. The monoisotopic (exact) mass is 219 g/mol. The van der Waals surface area contributed by atoms with Crippen molar-refractivity contribution in [1.29, 1.82) is 0 Å². The van der Waals surface area contributed by atoms with E-state index in [9.17, 15) is 4.79 Å². The second-order valence-corrected chi connectivity index (χ2v) is 3.99. The second kappa shape index (κ2) is 5.12. The van der Waals surface area contributed by atoms with Crippen LogP contribution < -0.4 is 5.32 Å². The van der Waals surface area contributed by atoms with Crippen molar-refractivity contribution in [3.05, 3.63) is 35.4 Å². The molecule has 0 aliphatic carbocycles. The van der Waals surface area contributed by atoms with E-state index in [2.05, 4.69) is 11.4 Å². The van der Waals surface area contributed by atoms with Crippen LogP contribution in [0.1, 0.15) is 41.7 Å². The molecular weight excluding hydrogens is 202 g/mol. The molecule has 0 bridgehead atoms. The van der Waals surface area contributed by atoms with Crippen LogP contribution in [0.15, 0.2) is 24.3 Å². The third-order valence-electron chi connectivity index (χ3n) is 2.86. The molecular formula is C13H17NO2. The maximum absolute atomic E-state index is 11.6. The topological polar surface area (TPSA) is 38.3 Å². The quantitative estimate of drug-likeness (QED) is 0.793. The maximum Gasteiger partial charge on any atom is 0.338 e. The fourth-order valence-corrected chi connectivity index (χ4v) is 2.07. The first-order chi connectivity index (χ1) is 7.81. The van der Waals surface area contributed by atoms with Crippen molar-refractivity contribution in [3.63, 3.8) is 0 Å². The molecule has 0 radical (unpaired) electrons. The molecule has 0 saturated carbocycles. The average Bonchev–Trinajstić information content (AvgIpc) is 2.83. The minimum atomic E-state index is -0.234. The van der Waals surface area contributed by atoms with Crippen molar-refractivity contribution in [2.24, 2.45) is 0 Å². The number of rotatable bonds is 3. The van der Waals surface area contributed by atoms with Gasteiger partial charge in [-0.3, -0.25) is 0 Å². The van der Waals surface area contributed by atoms with Crippen LogP contribution in [0.5, 0.6) is 0 Å². The zero-order valence-electron chi connectivity index (χ0n) is 9.53.